The minimum atomic E-state index is -0.405. The van der Waals surface area contributed by atoms with Gasteiger partial charge in [0, 0.05) is 13.0 Å². The van der Waals surface area contributed by atoms with Crippen LogP contribution in [0.1, 0.15) is 90.4 Å². The summed E-state index contributed by atoms with van der Waals surface area (Å²) in [5, 5.41) is 0.494. The van der Waals surface area contributed by atoms with Crippen LogP contribution in [0, 0.1) is 5.82 Å². The molecule has 0 bridgehead atoms. The number of benzene rings is 2. The van der Waals surface area contributed by atoms with E-state index in [1.807, 2.05) is 30.0 Å². The first kappa shape index (κ1) is 26.6. The van der Waals surface area contributed by atoms with Crippen LogP contribution in [0.3, 0.4) is 0 Å². The Kier molecular flexibility index (Phi) is 10.0. The van der Waals surface area contributed by atoms with E-state index >= 15 is 0 Å². The van der Waals surface area contributed by atoms with Crippen LogP contribution in [0.5, 0.6) is 0 Å². The first-order chi connectivity index (χ1) is 17.0. The number of para-hydroxylation sites is 1. The SMILES string of the molecule is CCCCCCC(=O)N(CCCCCC)C(C)c1nc2ccccc2c(=O)n1-c1ccc(F)cc1. The molecule has 0 fully saturated rings. The molecule has 1 atom stereocenters. The van der Waals surface area contributed by atoms with Crippen LogP contribution in [-0.4, -0.2) is 26.9 Å². The number of hydrogen-bond acceptors (Lipinski definition) is 3. The van der Waals surface area contributed by atoms with Crippen LogP contribution < -0.4 is 5.56 Å². The molecule has 0 aliphatic rings. The minimum absolute atomic E-state index is 0.0955. The number of fused-ring (bicyclic) bond motifs is 1. The smallest absolute Gasteiger partial charge is 0.266 e. The molecule has 1 amide bonds. The molecule has 0 saturated carbocycles. The standard InChI is InChI=1S/C29H38FN3O2/c1-4-6-8-10-16-27(34)32(21-13-9-7-5-2)22(3)28-31-26-15-12-11-14-25(26)29(35)33(28)24-19-17-23(30)18-20-24/h11-12,14-15,17-20,22H,4-10,13,16,21H2,1-3H3. The third kappa shape index (κ3) is 6.77. The van der Waals surface area contributed by atoms with E-state index in [2.05, 4.69) is 13.8 Å². The van der Waals surface area contributed by atoms with E-state index in [-0.39, 0.29) is 17.3 Å². The molecule has 0 N–H and O–H groups in total. The fraction of sp³-hybridized carbons (Fsp3) is 0.483. The summed E-state index contributed by atoms with van der Waals surface area (Å²) >= 11 is 0. The van der Waals surface area contributed by atoms with Crippen LogP contribution >= 0.6 is 0 Å². The van der Waals surface area contributed by atoms with Gasteiger partial charge in [-0.2, -0.15) is 0 Å². The summed E-state index contributed by atoms with van der Waals surface area (Å²) in [4.78, 5) is 33.7. The van der Waals surface area contributed by atoms with Gasteiger partial charge in [0.05, 0.1) is 22.6 Å². The second-order valence-corrected chi connectivity index (χ2v) is 9.24. The highest BCUT2D eigenvalue weighted by atomic mass is 19.1. The zero-order valence-electron chi connectivity index (χ0n) is 21.3. The molecule has 0 aliphatic carbocycles. The van der Waals surface area contributed by atoms with Gasteiger partial charge < -0.3 is 4.90 Å². The topological polar surface area (TPSA) is 55.2 Å². The molecule has 6 heteroatoms. The van der Waals surface area contributed by atoms with Gasteiger partial charge in [0.1, 0.15) is 11.6 Å². The summed E-state index contributed by atoms with van der Waals surface area (Å²) in [7, 11) is 0. The Balaban J connectivity index is 2.04. The molecule has 3 aromatic rings. The van der Waals surface area contributed by atoms with Gasteiger partial charge in [0.2, 0.25) is 5.91 Å². The van der Waals surface area contributed by atoms with Gasteiger partial charge in [-0.1, -0.05) is 64.5 Å². The van der Waals surface area contributed by atoms with Crippen LogP contribution in [-0.2, 0) is 4.79 Å². The fourth-order valence-electron chi connectivity index (χ4n) is 4.50. The average Bonchev–Trinajstić information content (AvgIpc) is 2.87. The number of rotatable bonds is 13. The molecule has 5 nitrogen and oxygen atoms in total. The lowest BCUT2D eigenvalue weighted by Gasteiger charge is -2.31. The molecule has 188 valence electrons. The zero-order chi connectivity index (χ0) is 25.2. The predicted octanol–water partition coefficient (Wildman–Crippen LogP) is 6.97. The second kappa shape index (κ2) is 13.2. The van der Waals surface area contributed by atoms with Crippen molar-refractivity contribution in [3.05, 3.63) is 70.5 Å². The molecule has 0 spiro atoms. The quantitative estimate of drug-likeness (QED) is 0.249. The van der Waals surface area contributed by atoms with Crippen LogP contribution in [0.2, 0.25) is 0 Å². The lowest BCUT2D eigenvalue weighted by Crippen LogP contribution is -2.38. The van der Waals surface area contributed by atoms with E-state index in [1.165, 1.54) is 16.7 Å². The van der Waals surface area contributed by atoms with Crippen molar-refractivity contribution in [2.75, 3.05) is 6.54 Å². The molecule has 1 aromatic heterocycles. The number of carbonyl (C=O) groups is 1. The van der Waals surface area contributed by atoms with Gasteiger partial charge in [0.25, 0.3) is 5.56 Å². The number of nitrogens with zero attached hydrogens (tertiary/aromatic N) is 3. The third-order valence-corrected chi connectivity index (χ3v) is 6.54. The van der Waals surface area contributed by atoms with E-state index < -0.39 is 6.04 Å². The summed E-state index contributed by atoms with van der Waals surface area (Å²) in [6.45, 7) is 6.89. The number of unbranched alkanes of at least 4 members (excludes halogenated alkanes) is 6. The Morgan fingerprint density at radius 3 is 2.29 bits per heavy atom. The van der Waals surface area contributed by atoms with Crippen LogP contribution in [0.15, 0.2) is 53.3 Å². The van der Waals surface area contributed by atoms with Crippen molar-refractivity contribution in [2.24, 2.45) is 0 Å². The van der Waals surface area contributed by atoms with Crippen molar-refractivity contribution in [3.8, 4) is 5.69 Å². The normalized spacial score (nSPS) is 12.1. The lowest BCUT2D eigenvalue weighted by atomic mass is 10.1. The second-order valence-electron chi connectivity index (χ2n) is 9.24. The highest BCUT2D eigenvalue weighted by Crippen LogP contribution is 2.25. The first-order valence-corrected chi connectivity index (χ1v) is 13.0. The number of halogens is 1. The molecule has 0 aliphatic heterocycles. The maximum absolute atomic E-state index is 13.7. The molecule has 35 heavy (non-hydrogen) atoms. The number of carbonyl (C=O) groups excluding carboxylic acids is 1. The van der Waals surface area contributed by atoms with Crippen molar-refractivity contribution < 1.29 is 9.18 Å². The maximum Gasteiger partial charge on any atom is 0.266 e. The molecule has 1 unspecified atom stereocenters. The van der Waals surface area contributed by atoms with E-state index in [0.717, 1.165) is 51.4 Å². The van der Waals surface area contributed by atoms with Gasteiger partial charge in [-0.3, -0.25) is 14.2 Å². The summed E-state index contributed by atoms with van der Waals surface area (Å²) in [5.41, 5.74) is 0.919. The Morgan fingerprint density at radius 2 is 1.60 bits per heavy atom. The van der Waals surface area contributed by atoms with Crippen LogP contribution in [0.25, 0.3) is 16.6 Å². The predicted molar refractivity (Wildman–Crippen MR) is 140 cm³/mol. The lowest BCUT2D eigenvalue weighted by molar-refractivity contribution is -0.133. The van der Waals surface area contributed by atoms with Crippen molar-refractivity contribution in [3.63, 3.8) is 0 Å². The number of amides is 1. The third-order valence-electron chi connectivity index (χ3n) is 6.54. The summed E-state index contributed by atoms with van der Waals surface area (Å²) in [6.07, 6.45) is 8.85. The van der Waals surface area contributed by atoms with Gasteiger partial charge in [-0.25, -0.2) is 9.37 Å². The molecule has 0 radical (unpaired) electrons. The van der Waals surface area contributed by atoms with E-state index in [0.29, 0.717) is 35.4 Å². The first-order valence-electron chi connectivity index (χ1n) is 13.0. The summed E-state index contributed by atoms with van der Waals surface area (Å²) in [6, 6.07) is 12.7. The largest absolute Gasteiger partial charge is 0.333 e. The Hall–Kier alpha value is -3.02. The molecular weight excluding hydrogens is 441 g/mol. The molecule has 3 rings (SSSR count). The molecule has 0 saturated heterocycles. The summed E-state index contributed by atoms with van der Waals surface area (Å²) < 4.78 is 15.2. The summed E-state index contributed by atoms with van der Waals surface area (Å²) in [5.74, 6) is 0.223. The van der Waals surface area contributed by atoms with Crippen molar-refractivity contribution in [1.29, 1.82) is 0 Å². The van der Waals surface area contributed by atoms with Gasteiger partial charge in [0.15, 0.2) is 0 Å². The van der Waals surface area contributed by atoms with E-state index in [1.54, 1.807) is 18.2 Å². The average molecular weight is 480 g/mol. The molecule has 1 heterocycles. The van der Waals surface area contributed by atoms with E-state index in [9.17, 15) is 14.0 Å². The molecule has 2 aromatic carbocycles. The van der Waals surface area contributed by atoms with Gasteiger partial charge in [-0.05, 0) is 56.2 Å². The van der Waals surface area contributed by atoms with E-state index in [4.69, 9.17) is 4.98 Å². The highest BCUT2D eigenvalue weighted by molar-refractivity contribution is 5.79. The molecular formula is C29H38FN3O2. The zero-order valence-corrected chi connectivity index (χ0v) is 21.3. The minimum Gasteiger partial charge on any atom is -0.333 e. The Labute approximate surface area is 208 Å². The maximum atomic E-state index is 13.7. The van der Waals surface area contributed by atoms with Crippen molar-refractivity contribution in [2.45, 2.75) is 84.6 Å². The van der Waals surface area contributed by atoms with Gasteiger partial charge >= 0.3 is 0 Å². The number of hydrogen-bond donors (Lipinski definition) is 0. The monoisotopic (exact) mass is 479 g/mol. The highest BCUT2D eigenvalue weighted by Gasteiger charge is 2.26. The fourth-order valence-corrected chi connectivity index (χ4v) is 4.50. The Bertz CT molecular complexity index is 1160. The van der Waals surface area contributed by atoms with Gasteiger partial charge in [-0.15, -0.1) is 0 Å². The van der Waals surface area contributed by atoms with Crippen molar-refractivity contribution >= 4 is 16.8 Å². The van der Waals surface area contributed by atoms with Crippen LogP contribution in [0.4, 0.5) is 4.39 Å². The Morgan fingerprint density at radius 1 is 0.943 bits per heavy atom. The van der Waals surface area contributed by atoms with Crippen molar-refractivity contribution in [1.82, 2.24) is 14.5 Å². The number of aromatic nitrogens is 2.